The van der Waals surface area contributed by atoms with Gasteiger partial charge in [0.25, 0.3) is 5.91 Å². The summed E-state index contributed by atoms with van der Waals surface area (Å²) in [5.74, 6) is -1.48. The van der Waals surface area contributed by atoms with Crippen molar-refractivity contribution in [3.8, 4) is 0 Å². The van der Waals surface area contributed by atoms with E-state index in [-0.39, 0.29) is 36.0 Å². The second-order valence-corrected chi connectivity index (χ2v) is 14.6. The fraction of sp³-hybridized carbons (Fsp3) is 0.514. The van der Waals surface area contributed by atoms with Gasteiger partial charge in [-0.3, -0.25) is 29.5 Å². The number of rotatable bonds is 6. The molecular formula is C35H40ClFN4O3. The van der Waals surface area contributed by atoms with Crippen molar-refractivity contribution in [3.63, 3.8) is 0 Å². The molecule has 1 N–H and O–H groups in total. The van der Waals surface area contributed by atoms with Gasteiger partial charge in [-0.25, -0.2) is 4.39 Å². The first-order chi connectivity index (χ1) is 21.0. The van der Waals surface area contributed by atoms with E-state index in [4.69, 9.17) is 11.6 Å². The molecular weight excluding hydrogens is 579 g/mol. The first-order valence-corrected chi connectivity index (χ1v) is 16.3. The molecule has 0 radical (unpaired) electrons. The summed E-state index contributed by atoms with van der Waals surface area (Å²) in [7, 11) is 0. The highest BCUT2D eigenvalue weighted by molar-refractivity contribution is 6.30. The summed E-state index contributed by atoms with van der Waals surface area (Å²) >= 11 is 6.21. The molecule has 3 saturated heterocycles. The molecule has 0 spiro atoms. The predicted molar refractivity (Wildman–Crippen MR) is 167 cm³/mol. The molecule has 0 saturated carbocycles. The van der Waals surface area contributed by atoms with E-state index in [1.54, 1.807) is 0 Å². The second-order valence-electron chi connectivity index (χ2n) is 14.2. The summed E-state index contributed by atoms with van der Waals surface area (Å²) < 4.78 is 15.5. The Balaban J connectivity index is 1.05. The number of nitrogens with one attached hydrogen (secondary N) is 1. The summed E-state index contributed by atoms with van der Waals surface area (Å²) in [6.07, 6.45) is 6.06. The minimum atomic E-state index is -0.700. The Morgan fingerprint density at radius 3 is 2.41 bits per heavy atom. The highest BCUT2D eigenvalue weighted by atomic mass is 35.5. The van der Waals surface area contributed by atoms with Crippen LogP contribution in [-0.2, 0) is 22.7 Å². The molecule has 7 rings (SSSR count). The zero-order chi connectivity index (χ0) is 30.7. The molecule has 3 fully saturated rings. The molecule has 2 aromatic rings. The van der Waals surface area contributed by atoms with Gasteiger partial charge in [0.2, 0.25) is 11.8 Å². The van der Waals surface area contributed by atoms with E-state index < -0.39 is 11.9 Å². The number of hydrogen-bond donors (Lipinski definition) is 1. The molecule has 3 amide bonds. The summed E-state index contributed by atoms with van der Waals surface area (Å²) in [5.41, 5.74) is 6.24. The van der Waals surface area contributed by atoms with Gasteiger partial charge in [0, 0.05) is 67.4 Å². The third-order valence-corrected chi connectivity index (χ3v) is 10.8. The zero-order valence-corrected chi connectivity index (χ0v) is 26.3. The molecule has 2 bridgehead atoms. The van der Waals surface area contributed by atoms with Crippen molar-refractivity contribution in [2.75, 3.05) is 19.6 Å². The molecule has 1 aliphatic carbocycles. The number of allylic oxidation sites excluding steroid dienone is 1. The largest absolute Gasteiger partial charge is 0.322 e. The fourth-order valence-electron chi connectivity index (χ4n) is 8.16. The smallest absolute Gasteiger partial charge is 0.255 e. The molecule has 2 aromatic carbocycles. The van der Waals surface area contributed by atoms with E-state index in [9.17, 15) is 14.4 Å². The second kappa shape index (κ2) is 11.4. The van der Waals surface area contributed by atoms with Crippen LogP contribution >= 0.6 is 11.6 Å². The summed E-state index contributed by atoms with van der Waals surface area (Å²) in [4.78, 5) is 43.7. The minimum absolute atomic E-state index is 0.197. The van der Waals surface area contributed by atoms with Gasteiger partial charge in [0.15, 0.2) is 0 Å². The number of benzene rings is 2. The van der Waals surface area contributed by atoms with Gasteiger partial charge in [-0.05, 0) is 84.9 Å². The number of amides is 3. The Kier molecular flexibility index (Phi) is 7.66. The maximum absolute atomic E-state index is 15.5. The van der Waals surface area contributed by atoms with Crippen LogP contribution in [0.5, 0.6) is 0 Å². The Morgan fingerprint density at radius 1 is 0.977 bits per heavy atom. The SMILES string of the molecule is CC1(C)CCC(CN2CC3CCC(C2)N3Cc2cc3c(cc2F)C(=O)N(C2CCC(=O)NC2=O)C3)=C(c2ccc(Cl)cc2)C1. The molecule has 4 aliphatic heterocycles. The number of carbonyl (C=O) groups is 3. The van der Waals surface area contributed by atoms with Gasteiger partial charge in [0.1, 0.15) is 11.9 Å². The third kappa shape index (κ3) is 5.61. The molecule has 4 heterocycles. The van der Waals surface area contributed by atoms with Crippen LogP contribution in [-0.4, -0.2) is 70.2 Å². The van der Waals surface area contributed by atoms with Crippen molar-refractivity contribution in [3.05, 3.63) is 75.1 Å². The van der Waals surface area contributed by atoms with E-state index in [0.29, 0.717) is 36.2 Å². The molecule has 7 nitrogen and oxygen atoms in total. The predicted octanol–water partition coefficient (Wildman–Crippen LogP) is 5.55. The number of imide groups is 1. The normalized spacial score (nSPS) is 27.2. The van der Waals surface area contributed by atoms with Gasteiger partial charge >= 0.3 is 0 Å². The number of hydrogen-bond acceptors (Lipinski definition) is 5. The van der Waals surface area contributed by atoms with E-state index >= 15 is 4.39 Å². The zero-order valence-electron chi connectivity index (χ0n) is 25.5. The lowest BCUT2D eigenvalue weighted by Gasteiger charge is -2.43. The maximum atomic E-state index is 15.5. The summed E-state index contributed by atoms with van der Waals surface area (Å²) in [6, 6.07) is 11.5. The van der Waals surface area contributed by atoms with Crippen LogP contribution in [0.1, 0.15) is 85.8 Å². The molecule has 3 atom stereocenters. The monoisotopic (exact) mass is 618 g/mol. The highest BCUT2D eigenvalue weighted by Crippen LogP contribution is 2.44. The van der Waals surface area contributed by atoms with Crippen LogP contribution < -0.4 is 5.32 Å². The number of piperazine rings is 1. The lowest BCUT2D eigenvalue weighted by molar-refractivity contribution is -0.136. The third-order valence-electron chi connectivity index (χ3n) is 10.5. The van der Waals surface area contributed by atoms with Gasteiger partial charge in [0.05, 0.1) is 0 Å². The van der Waals surface area contributed by atoms with Crippen molar-refractivity contribution in [2.24, 2.45) is 5.41 Å². The van der Waals surface area contributed by atoms with E-state index in [0.717, 1.165) is 55.9 Å². The first-order valence-electron chi connectivity index (χ1n) is 16.0. The fourth-order valence-corrected chi connectivity index (χ4v) is 8.28. The highest BCUT2D eigenvalue weighted by Gasteiger charge is 2.42. The molecule has 232 valence electrons. The summed E-state index contributed by atoms with van der Waals surface area (Å²) in [5, 5.41) is 3.09. The Labute approximate surface area is 263 Å². The van der Waals surface area contributed by atoms with Gasteiger partial charge in [-0.1, -0.05) is 43.2 Å². The quantitative estimate of drug-likeness (QED) is 0.430. The van der Waals surface area contributed by atoms with Crippen LogP contribution in [0, 0.1) is 11.2 Å². The van der Waals surface area contributed by atoms with E-state index in [1.807, 2.05) is 18.2 Å². The van der Waals surface area contributed by atoms with Gasteiger partial charge in [-0.15, -0.1) is 0 Å². The lowest BCUT2D eigenvalue weighted by atomic mass is 9.72. The van der Waals surface area contributed by atoms with Crippen molar-refractivity contribution in [1.82, 2.24) is 20.0 Å². The Morgan fingerprint density at radius 2 is 1.70 bits per heavy atom. The van der Waals surface area contributed by atoms with Crippen molar-refractivity contribution in [2.45, 2.75) is 90.0 Å². The van der Waals surface area contributed by atoms with Crippen LogP contribution in [0.2, 0.25) is 5.02 Å². The number of fused-ring (bicyclic) bond motifs is 3. The topological polar surface area (TPSA) is 73.0 Å². The maximum Gasteiger partial charge on any atom is 0.255 e. The van der Waals surface area contributed by atoms with E-state index in [2.05, 4.69) is 41.1 Å². The molecule has 5 aliphatic rings. The number of halogens is 2. The van der Waals surface area contributed by atoms with Crippen LogP contribution in [0.3, 0.4) is 0 Å². The molecule has 9 heteroatoms. The first kappa shape index (κ1) is 29.6. The Bertz CT molecular complexity index is 1540. The van der Waals surface area contributed by atoms with Crippen molar-refractivity contribution < 1.29 is 18.8 Å². The van der Waals surface area contributed by atoms with Crippen LogP contribution in [0.4, 0.5) is 4.39 Å². The molecule has 44 heavy (non-hydrogen) atoms. The number of piperidine rings is 1. The average Bonchev–Trinajstić information content (AvgIpc) is 3.40. The standard InChI is InChI=1S/C35H40ClFN4O3/c1-35(2)12-11-22(29(15-35)21-3-5-25(36)6-4-21)16-39-19-26-7-8-27(20-39)40(26)18-24-13-23-17-41(34(44)28(23)14-30(24)37)31-9-10-32(42)38-33(31)43/h3-6,13-14,26-27,31H,7-12,15-20H2,1-2H3,(H,38,42,43). The summed E-state index contributed by atoms with van der Waals surface area (Å²) in [6.45, 7) is 8.40. The van der Waals surface area contributed by atoms with E-state index in [1.165, 1.54) is 34.1 Å². The van der Waals surface area contributed by atoms with Crippen molar-refractivity contribution >= 4 is 34.9 Å². The van der Waals surface area contributed by atoms with Gasteiger partial charge < -0.3 is 4.90 Å². The minimum Gasteiger partial charge on any atom is -0.322 e. The van der Waals surface area contributed by atoms with Crippen molar-refractivity contribution in [1.29, 1.82) is 0 Å². The Hall–Kier alpha value is -3.07. The number of nitrogens with zero attached hydrogens (tertiary/aromatic N) is 3. The molecule has 0 aromatic heterocycles. The van der Waals surface area contributed by atoms with Gasteiger partial charge in [-0.2, -0.15) is 0 Å². The van der Waals surface area contributed by atoms with Crippen LogP contribution in [0.25, 0.3) is 5.57 Å². The average molecular weight is 619 g/mol. The number of carbonyl (C=O) groups excluding carboxylic acids is 3. The lowest BCUT2D eigenvalue weighted by Crippen LogP contribution is -2.53. The van der Waals surface area contributed by atoms with Crippen LogP contribution in [0.15, 0.2) is 42.0 Å². The number of likely N-dealkylation sites (tertiary alicyclic amines) is 1. The molecule has 3 unspecified atom stereocenters.